The number of fused-ring (bicyclic) bond motifs is 1. The molecule has 32 heavy (non-hydrogen) atoms. The van der Waals surface area contributed by atoms with Crippen molar-refractivity contribution in [1.29, 1.82) is 0 Å². The Balaban J connectivity index is 1.17. The molecule has 3 amide bonds. The van der Waals surface area contributed by atoms with Crippen LogP contribution in [-0.4, -0.2) is 67.4 Å². The summed E-state index contributed by atoms with van der Waals surface area (Å²) in [5.74, 6) is 0.597. The van der Waals surface area contributed by atoms with Crippen LogP contribution >= 0.6 is 0 Å². The molecule has 0 N–H and O–H groups in total. The number of methoxy groups -OCH3 is 1. The summed E-state index contributed by atoms with van der Waals surface area (Å²) in [5.41, 5.74) is 2.04. The van der Waals surface area contributed by atoms with Gasteiger partial charge in [0.1, 0.15) is 5.75 Å². The smallest absolute Gasteiger partial charge is 0.261 e. The molecule has 0 atom stereocenters. The molecule has 2 aromatic rings. The number of nitrogens with zero attached hydrogens (tertiary/aromatic N) is 3. The van der Waals surface area contributed by atoms with Crippen molar-refractivity contribution in [3.63, 3.8) is 0 Å². The van der Waals surface area contributed by atoms with E-state index in [0.717, 1.165) is 37.4 Å². The van der Waals surface area contributed by atoms with Gasteiger partial charge in [-0.3, -0.25) is 19.3 Å². The van der Waals surface area contributed by atoms with E-state index in [1.165, 1.54) is 4.90 Å². The second-order valence-corrected chi connectivity index (χ2v) is 8.16. The number of imide groups is 1. The zero-order valence-electron chi connectivity index (χ0n) is 18.5. The molecule has 2 aliphatic rings. The summed E-state index contributed by atoms with van der Waals surface area (Å²) >= 11 is 0. The van der Waals surface area contributed by atoms with Gasteiger partial charge in [0.25, 0.3) is 11.8 Å². The lowest BCUT2D eigenvalue weighted by Crippen LogP contribution is -2.48. The Hall–Kier alpha value is -3.35. The summed E-state index contributed by atoms with van der Waals surface area (Å²) in [7, 11) is 1.67. The molecule has 0 saturated carbocycles. The fraction of sp³-hybridized carbons (Fsp3) is 0.400. The van der Waals surface area contributed by atoms with Gasteiger partial charge in [0.2, 0.25) is 5.91 Å². The number of hydrogen-bond acceptors (Lipinski definition) is 5. The van der Waals surface area contributed by atoms with E-state index in [-0.39, 0.29) is 17.7 Å². The van der Waals surface area contributed by atoms with Gasteiger partial charge in [-0.15, -0.1) is 0 Å². The molecular weight excluding hydrogens is 406 g/mol. The molecule has 0 bridgehead atoms. The predicted octanol–water partition coefficient (Wildman–Crippen LogP) is 3.20. The average molecular weight is 436 g/mol. The molecule has 0 unspecified atom stereocenters. The average Bonchev–Trinajstić information content (AvgIpc) is 3.08. The van der Waals surface area contributed by atoms with Gasteiger partial charge in [-0.1, -0.05) is 30.7 Å². The number of amides is 3. The summed E-state index contributed by atoms with van der Waals surface area (Å²) in [6.45, 7) is 3.37. The molecule has 1 fully saturated rings. The first-order valence-corrected chi connectivity index (χ1v) is 11.2. The lowest BCUT2D eigenvalue weighted by molar-refractivity contribution is -0.131. The number of carbonyl (C=O) groups excluding carboxylic acids is 3. The van der Waals surface area contributed by atoms with E-state index < -0.39 is 0 Å². The number of unbranched alkanes of at least 4 members (excludes halogenated alkanes) is 2. The molecule has 0 aromatic heterocycles. The number of carbonyl (C=O) groups is 3. The van der Waals surface area contributed by atoms with Gasteiger partial charge in [-0.2, -0.15) is 0 Å². The van der Waals surface area contributed by atoms with Crippen LogP contribution in [0.2, 0.25) is 0 Å². The number of para-hydroxylation sites is 2. The van der Waals surface area contributed by atoms with Crippen LogP contribution < -0.4 is 9.64 Å². The fourth-order valence-corrected chi connectivity index (χ4v) is 4.41. The van der Waals surface area contributed by atoms with E-state index in [4.69, 9.17) is 4.74 Å². The summed E-state index contributed by atoms with van der Waals surface area (Å²) in [6.07, 6.45) is 2.77. The summed E-state index contributed by atoms with van der Waals surface area (Å²) in [4.78, 5) is 42.9. The van der Waals surface area contributed by atoms with Crippen LogP contribution in [-0.2, 0) is 4.79 Å². The maximum Gasteiger partial charge on any atom is 0.261 e. The van der Waals surface area contributed by atoms with E-state index >= 15 is 0 Å². The predicted molar refractivity (Wildman–Crippen MR) is 122 cm³/mol. The van der Waals surface area contributed by atoms with Crippen molar-refractivity contribution in [2.24, 2.45) is 0 Å². The van der Waals surface area contributed by atoms with Crippen molar-refractivity contribution in [2.45, 2.75) is 25.7 Å². The zero-order chi connectivity index (χ0) is 22.5. The monoisotopic (exact) mass is 435 g/mol. The highest BCUT2D eigenvalue weighted by molar-refractivity contribution is 6.21. The van der Waals surface area contributed by atoms with E-state index in [9.17, 15) is 14.4 Å². The number of benzene rings is 2. The van der Waals surface area contributed by atoms with Gasteiger partial charge in [-0.25, -0.2) is 0 Å². The topological polar surface area (TPSA) is 70.2 Å². The minimum Gasteiger partial charge on any atom is -0.495 e. The second-order valence-electron chi connectivity index (χ2n) is 8.16. The minimum absolute atomic E-state index is 0.172. The highest BCUT2D eigenvalue weighted by atomic mass is 16.5. The molecule has 7 nitrogen and oxygen atoms in total. The molecule has 1 saturated heterocycles. The van der Waals surface area contributed by atoms with Gasteiger partial charge in [0.05, 0.1) is 23.9 Å². The van der Waals surface area contributed by atoms with Gasteiger partial charge >= 0.3 is 0 Å². The summed E-state index contributed by atoms with van der Waals surface area (Å²) in [5, 5.41) is 0. The number of hydrogen-bond donors (Lipinski definition) is 0. The van der Waals surface area contributed by atoms with Crippen molar-refractivity contribution in [3.8, 4) is 5.75 Å². The number of piperazine rings is 1. The number of anilines is 1. The first-order valence-electron chi connectivity index (χ1n) is 11.2. The first kappa shape index (κ1) is 21.9. The van der Waals surface area contributed by atoms with Crippen LogP contribution in [0.25, 0.3) is 0 Å². The third-order valence-electron chi connectivity index (χ3n) is 6.21. The lowest BCUT2D eigenvalue weighted by atomic mass is 10.1. The van der Waals surface area contributed by atoms with Crippen LogP contribution in [0, 0.1) is 0 Å². The number of rotatable bonds is 8. The standard InChI is InChI=1S/C25H29N3O4/c1-32-22-12-7-6-11-21(22)26-15-17-27(18-16-26)23(29)13-3-2-8-14-28-24(30)19-9-4-5-10-20(19)25(28)31/h4-7,9-12H,2-3,8,13-18H2,1H3. The van der Waals surface area contributed by atoms with Crippen molar-refractivity contribution in [1.82, 2.24) is 9.80 Å². The van der Waals surface area contributed by atoms with E-state index in [2.05, 4.69) is 4.90 Å². The normalized spacial score (nSPS) is 15.8. The van der Waals surface area contributed by atoms with Crippen molar-refractivity contribution < 1.29 is 19.1 Å². The molecule has 0 aliphatic carbocycles. The van der Waals surface area contributed by atoms with Crippen LogP contribution in [0.4, 0.5) is 5.69 Å². The maximum absolute atomic E-state index is 12.6. The first-order chi connectivity index (χ1) is 15.6. The van der Waals surface area contributed by atoms with E-state index in [1.807, 2.05) is 29.2 Å². The molecule has 2 aliphatic heterocycles. The van der Waals surface area contributed by atoms with Gasteiger partial charge < -0.3 is 14.5 Å². The van der Waals surface area contributed by atoms with Crippen molar-refractivity contribution in [3.05, 3.63) is 59.7 Å². The molecule has 0 radical (unpaired) electrons. The Morgan fingerprint density at radius 1 is 0.844 bits per heavy atom. The Bertz CT molecular complexity index is 963. The lowest BCUT2D eigenvalue weighted by Gasteiger charge is -2.36. The summed E-state index contributed by atoms with van der Waals surface area (Å²) < 4.78 is 5.45. The zero-order valence-corrected chi connectivity index (χ0v) is 18.5. The quantitative estimate of drug-likeness (QED) is 0.470. The molecule has 168 valence electrons. The second kappa shape index (κ2) is 9.85. The van der Waals surface area contributed by atoms with E-state index in [0.29, 0.717) is 43.6 Å². The third kappa shape index (κ3) is 4.47. The van der Waals surface area contributed by atoms with E-state index in [1.54, 1.807) is 31.4 Å². The van der Waals surface area contributed by atoms with Crippen molar-refractivity contribution >= 4 is 23.4 Å². The van der Waals surface area contributed by atoms with Crippen LogP contribution in [0.1, 0.15) is 46.4 Å². The largest absolute Gasteiger partial charge is 0.495 e. The minimum atomic E-state index is -0.213. The molecule has 2 aromatic carbocycles. The molecule has 4 rings (SSSR count). The fourth-order valence-electron chi connectivity index (χ4n) is 4.41. The Labute approximate surface area is 188 Å². The van der Waals surface area contributed by atoms with Gasteiger partial charge in [0, 0.05) is 39.1 Å². The Kier molecular flexibility index (Phi) is 6.73. The Morgan fingerprint density at radius 3 is 2.12 bits per heavy atom. The SMILES string of the molecule is COc1ccccc1N1CCN(C(=O)CCCCCN2C(=O)c3ccccc3C2=O)CC1. The molecular formula is C25H29N3O4. The molecule has 0 spiro atoms. The third-order valence-corrected chi connectivity index (χ3v) is 6.21. The van der Waals surface area contributed by atoms with Crippen molar-refractivity contribution in [2.75, 3.05) is 44.7 Å². The number of ether oxygens (including phenoxy) is 1. The van der Waals surface area contributed by atoms with Crippen LogP contribution in [0.3, 0.4) is 0 Å². The van der Waals surface area contributed by atoms with Crippen LogP contribution in [0.5, 0.6) is 5.75 Å². The van der Waals surface area contributed by atoms with Gasteiger partial charge in [0.15, 0.2) is 0 Å². The molecule has 2 heterocycles. The van der Waals surface area contributed by atoms with Gasteiger partial charge in [-0.05, 0) is 37.1 Å². The summed E-state index contributed by atoms with van der Waals surface area (Å²) in [6, 6.07) is 14.9. The Morgan fingerprint density at radius 2 is 1.47 bits per heavy atom. The maximum atomic E-state index is 12.6. The highest BCUT2D eigenvalue weighted by Crippen LogP contribution is 2.28. The highest BCUT2D eigenvalue weighted by Gasteiger charge is 2.34. The molecule has 7 heteroatoms. The van der Waals surface area contributed by atoms with Crippen LogP contribution in [0.15, 0.2) is 48.5 Å².